The summed E-state index contributed by atoms with van der Waals surface area (Å²) < 4.78 is 0. The van der Waals surface area contributed by atoms with Crippen LogP contribution in [0.25, 0.3) is 0 Å². The molecule has 0 bridgehead atoms. The molecule has 7 heteroatoms. The number of nitrogens with two attached hydrogens (primary N) is 1. The van der Waals surface area contributed by atoms with Crippen molar-refractivity contribution in [1.82, 2.24) is 15.5 Å². The third kappa shape index (κ3) is 2.07. The molecular formula is C13H18N4O3. The second kappa shape index (κ2) is 4.59. The molecule has 1 aliphatic carbocycles. The monoisotopic (exact) mass is 278 g/mol. The maximum absolute atomic E-state index is 12.3. The van der Waals surface area contributed by atoms with E-state index in [2.05, 4.69) is 10.6 Å². The van der Waals surface area contributed by atoms with Gasteiger partial charge in [0.15, 0.2) is 0 Å². The number of carbonyl (C=O) groups excluding carboxylic acids is 3. The standard InChI is InChI=1S/C13H18N4O3/c14-9-2-1-8(7-9)10(18)17-5-3-13(4-6-17)11(19)15-12(20)16-13/h1-2,8-9H,3-7,14H2,(H2,15,16,19,20). The van der Waals surface area contributed by atoms with Crippen molar-refractivity contribution in [3.05, 3.63) is 12.2 Å². The van der Waals surface area contributed by atoms with Crippen molar-refractivity contribution in [1.29, 1.82) is 0 Å². The number of urea groups is 1. The average molecular weight is 278 g/mol. The highest BCUT2D eigenvalue weighted by molar-refractivity contribution is 6.07. The molecule has 20 heavy (non-hydrogen) atoms. The van der Waals surface area contributed by atoms with Crippen molar-refractivity contribution in [3.8, 4) is 0 Å². The molecule has 108 valence electrons. The van der Waals surface area contributed by atoms with Gasteiger partial charge in [-0.2, -0.15) is 0 Å². The number of imide groups is 1. The molecule has 0 aromatic rings. The van der Waals surface area contributed by atoms with Crippen LogP contribution in [0.2, 0.25) is 0 Å². The Kier molecular flexibility index (Phi) is 3.01. The fraction of sp³-hybridized carbons (Fsp3) is 0.615. The number of hydrogen-bond donors (Lipinski definition) is 3. The lowest BCUT2D eigenvalue weighted by atomic mass is 9.87. The fourth-order valence-electron chi connectivity index (χ4n) is 3.13. The van der Waals surface area contributed by atoms with Gasteiger partial charge >= 0.3 is 6.03 Å². The highest BCUT2D eigenvalue weighted by Crippen LogP contribution is 2.28. The summed E-state index contributed by atoms with van der Waals surface area (Å²) in [5.74, 6) is -0.364. The van der Waals surface area contributed by atoms with E-state index in [-0.39, 0.29) is 23.8 Å². The van der Waals surface area contributed by atoms with Gasteiger partial charge in [-0.3, -0.25) is 14.9 Å². The smallest absolute Gasteiger partial charge is 0.322 e. The molecule has 7 nitrogen and oxygen atoms in total. The SMILES string of the molecule is NC1C=CC(C(=O)N2CCC3(CC2)NC(=O)NC3=O)C1. The minimum absolute atomic E-state index is 0.0417. The molecule has 3 rings (SSSR count). The predicted octanol–water partition coefficient (Wildman–Crippen LogP) is -0.910. The van der Waals surface area contributed by atoms with E-state index in [1.807, 2.05) is 12.2 Å². The lowest BCUT2D eigenvalue weighted by Gasteiger charge is -2.37. The zero-order valence-electron chi connectivity index (χ0n) is 11.1. The Morgan fingerprint density at radius 3 is 2.50 bits per heavy atom. The van der Waals surface area contributed by atoms with Crippen molar-refractivity contribution >= 4 is 17.8 Å². The maximum atomic E-state index is 12.3. The summed E-state index contributed by atoms with van der Waals surface area (Å²) in [6.07, 6.45) is 5.29. The Labute approximate surface area is 116 Å². The Hall–Kier alpha value is -1.89. The van der Waals surface area contributed by atoms with Crippen molar-refractivity contribution in [2.75, 3.05) is 13.1 Å². The zero-order valence-corrected chi connectivity index (χ0v) is 11.1. The lowest BCUT2D eigenvalue weighted by molar-refractivity contribution is -0.138. The molecule has 2 aliphatic heterocycles. The van der Waals surface area contributed by atoms with E-state index < -0.39 is 11.6 Å². The highest BCUT2D eigenvalue weighted by Gasteiger charge is 2.48. The largest absolute Gasteiger partial charge is 0.342 e. The third-order valence-electron chi connectivity index (χ3n) is 4.38. The van der Waals surface area contributed by atoms with Crippen LogP contribution in [-0.4, -0.2) is 47.4 Å². The molecule has 3 aliphatic rings. The van der Waals surface area contributed by atoms with E-state index >= 15 is 0 Å². The number of likely N-dealkylation sites (tertiary alicyclic amines) is 1. The first-order valence-electron chi connectivity index (χ1n) is 6.86. The molecule has 2 unspecified atom stereocenters. The molecule has 0 aromatic heterocycles. The molecule has 2 fully saturated rings. The average Bonchev–Trinajstić information content (AvgIpc) is 2.95. The second-order valence-corrected chi connectivity index (χ2v) is 5.71. The quantitative estimate of drug-likeness (QED) is 0.426. The number of carbonyl (C=O) groups is 3. The van der Waals surface area contributed by atoms with Gasteiger partial charge in [-0.25, -0.2) is 4.79 Å². The van der Waals surface area contributed by atoms with Crippen molar-refractivity contribution < 1.29 is 14.4 Å². The Balaban J connectivity index is 1.61. The van der Waals surface area contributed by atoms with Crippen molar-refractivity contribution in [2.45, 2.75) is 30.8 Å². The minimum atomic E-state index is -0.824. The van der Waals surface area contributed by atoms with Crippen LogP contribution in [0.3, 0.4) is 0 Å². The van der Waals surface area contributed by atoms with Crippen LogP contribution in [0.4, 0.5) is 4.79 Å². The molecule has 0 radical (unpaired) electrons. The number of nitrogens with one attached hydrogen (secondary N) is 2. The van der Waals surface area contributed by atoms with Gasteiger partial charge in [0.05, 0.1) is 5.92 Å². The Morgan fingerprint density at radius 2 is 2.00 bits per heavy atom. The molecule has 2 heterocycles. The maximum Gasteiger partial charge on any atom is 0.322 e. The molecular weight excluding hydrogens is 260 g/mol. The number of rotatable bonds is 1. The summed E-state index contributed by atoms with van der Waals surface area (Å²) in [4.78, 5) is 37.1. The van der Waals surface area contributed by atoms with Crippen LogP contribution in [0, 0.1) is 5.92 Å². The van der Waals surface area contributed by atoms with E-state index in [1.54, 1.807) is 4.90 Å². The Bertz CT molecular complexity index is 494. The number of nitrogens with zero attached hydrogens (tertiary/aromatic N) is 1. The van der Waals surface area contributed by atoms with Crippen LogP contribution in [0.5, 0.6) is 0 Å². The van der Waals surface area contributed by atoms with E-state index in [1.165, 1.54) is 0 Å². The predicted molar refractivity (Wildman–Crippen MR) is 70.4 cm³/mol. The number of hydrogen-bond acceptors (Lipinski definition) is 4. The van der Waals surface area contributed by atoms with Crippen LogP contribution in [-0.2, 0) is 9.59 Å². The first-order chi connectivity index (χ1) is 9.50. The summed E-state index contributed by atoms with van der Waals surface area (Å²) in [5.41, 5.74) is 4.94. The summed E-state index contributed by atoms with van der Waals surface area (Å²) in [7, 11) is 0. The fourth-order valence-corrected chi connectivity index (χ4v) is 3.13. The molecule has 1 spiro atoms. The lowest BCUT2D eigenvalue weighted by Crippen LogP contribution is -2.56. The second-order valence-electron chi connectivity index (χ2n) is 5.71. The van der Waals surface area contributed by atoms with Gasteiger partial charge in [0.1, 0.15) is 5.54 Å². The van der Waals surface area contributed by atoms with E-state index in [0.717, 1.165) is 0 Å². The normalized spacial score (nSPS) is 31.6. The molecule has 4 amide bonds. The summed E-state index contributed by atoms with van der Waals surface area (Å²) >= 11 is 0. The van der Waals surface area contributed by atoms with Gasteiger partial charge in [0.25, 0.3) is 5.91 Å². The van der Waals surface area contributed by atoms with Crippen LogP contribution < -0.4 is 16.4 Å². The number of piperidine rings is 1. The van der Waals surface area contributed by atoms with Gasteiger partial charge in [-0.1, -0.05) is 12.2 Å². The topological polar surface area (TPSA) is 105 Å². The summed E-state index contributed by atoms with van der Waals surface area (Å²) in [6, 6.07) is -0.487. The molecule has 0 saturated carbocycles. The molecule has 2 atom stereocenters. The van der Waals surface area contributed by atoms with Crippen molar-refractivity contribution in [3.63, 3.8) is 0 Å². The van der Waals surface area contributed by atoms with Gasteiger partial charge in [0, 0.05) is 19.1 Å². The van der Waals surface area contributed by atoms with Gasteiger partial charge in [-0.05, 0) is 19.3 Å². The first kappa shape index (κ1) is 13.1. The third-order valence-corrected chi connectivity index (χ3v) is 4.38. The van der Waals surface area contributed by atoms with E-state index in [9.17, 15) is 14.4 Å². The van der Waals surface area contributed by atoms with Crippen LogP contribution >= 0.6 is 0 Å². The first-order valence-corrected chi connectivity index (χ1v) is 6.86. The molecule has 0 aromatic carbocycles. The zero-order chi connectivity index (χ0) is 14.3. The van der Waals surface area contributed by atoms with Gasteiger partial charge in [-0.15, -0.1) is 0 Å². The van der Waals surface area contributed by atoms with Gasteiger partial charge < -0.3 is 16.0 Å². The minimum Gasteiger partial charge on any atom is -0.342 e. The van der Waals surface area contributed by atoms with E-state index in [4.69, 9.17) is 5.73 Å². The summed E-state index contributed by atoms with van der Waals surface area (Å²) in [5, 5.41) is 4.95. The van der Waals surface area contributed by atoms with E-state index in [0.29, 0.717) is 32.4 Å². The number of amides is 4. The van der Waals surface area contributed by atoms with Crippen LogP contribution in [0.15, 0.2) is 12.2 Å². The molecule has 4 N–H and O–H groups in total. The van der Waals surface area contributed by atoms with Crippen LogP contribution in [0.1, 0.15) is 19.3 Å². The van der Waals surface area contributed by atoms with Crippen molar-refractivity contribution in [2.24, 2.45) is 11.7 Å². The summed E-state index contributed by atoms with van der Waals surface area (Å²) in [6.45, 7) is 0.957. The van der Waals surface area contributed by atoms with Gasteiger partial charge in [0.2, 0.25) is 5.91 Å². The molecule has 2 saturated heterocycles. The Morgan fingerprint density at radius 1 is 1.30 bits per heavy atom. The highest BCUT2D eigenvalue weighted by atomic mass is 16.2.